The zero-order chi connectivity index (χ0) is 20.2. The van der Waals surface area contributed by atoms with Gasteiger partial charge in [-0.15, -0.1) is 0 Å². The molecule has 2 heterocycles. The van der Waals surface area contributed by atoms with E-state index in [-0.39, 0.29) is 0 Å². The molecule has 4 rings (SSSR count). The van der Waals surface area contributed by atoms with Crippen LogP contribution in [0.15, 0.2) is 66.9 Å². The van der Waals surface area contributed by atoms with Gasteiger partial charge in [0, 0.05) is 40.6 Å². The van der Waals surface area contributed by atoms with Gasteiger partial charge in [0.1, 0.15) is 0 Å². The average Bonchev–Trinajstić information content (AvgIpc) is 3.15. The van der Waals surface area contributed by atoms with Gasteiger partial charge >= 0.3 is 0 Å². The smallest absolute Gasteiger partial charge is 0.185 e. The van der Waals surface area contributed by atoms with E-state index in [1.54, 1.807) is 0 Å². The molecule has 0 saturated carbocycles. The van der Waals surface area contributed by atoms with Gasteiger partial charge in [-0.2, -0.15) is 0 Å². The van der Waals surface area contributed by atoms with E-state index in [1.165, 1.54) is 0 Å². The topological polar surface area (TPSA) is 64.8 Å². The van der Waals surface area contributed by atoms with Crippen molar-refractivity contribution in [3.8, 4) is 11.3 Å². The molecule has 5 nitrogen and oxygen atoms in total. The minimum absolute atomic E-state index is 0.521. The summed E-state index contributed by atoms with van der Waals surface area (Å²) in [5.41, 5.74) is 13.6. The Labute approximate surface area is 175 Å². The highest BCUT2D eigenvalue weighted by molar-refractivity contribution is 7.80. The molecular formula is C23H23N5S. The Morgan fingerprint density at radius 1 is 1.00 bits per heavy atom. The van der Waals surface area contributed by atoms with Gasteiger partial charge < -0.3 is 10.3 Å². The number of pyridine rings is 1. The van der Waals surface area contributed by atoms with E-state index in [4.69, 9.17) is 17.2 Å². The summed E-state index contributed by atoms with van der Waals surface area (Å²) >= 11 is 5.40. The van der Waals surface area contributed by atoms with Crippen molar-refractivity contribution in [2.45, 2.75) is 20.4 Å². The highest BCUT2D eigenvalue weighted by atomic mass is 32.1. The summed E-state index contributed by atoms with van der Waals surface area (Å²) in [5.74, 6) is 0. The highest BCUT2D eigenvalue weighted by Crippen LogP contribution is 2.29. The molecule has 0 fully saturated rings. The van der Waals surface area contributed by atoms with E-state index in [9.17, 15) is 0 Å². The van der Waals surface area contributed by atoms with E-state index < -0.39 is 0 Å². The number of nitrogens with zero attached hydrogens (tertiary/aromatic N) is 1. The van der Waals surface area contributed by atoms with Gasteiger partial charge in [0.15, 0.2) is 5.11 Å². The molecule has 4 aromatic rings. The normalized spacial score (nSPS) is 10.8. The average molecular weight is 402 g/mol. The first-order valence-electron chi connectivity index (χ1n) is 9.50. The number of aromatic nitrogens is 2. The molecule has 2 aromatic heterocycles. The van der Waals surface area contributed by atoms with E-state index in [1.807, 2.05) is 62.5 Å². The number of nitrogens with one attached hydrogen (secondary N) is 4. The lowest BCUT2D eigenvalue weighted by Crippen LogP contribution is -2.39. The van der Waals surface area contributed by atoms with Crippen molar-refractivity contribution in [1.82, 2.24) is 20.8 Å². The third kappa shape index (κ3) is 4.29. The van der Waals surface area contributed by atoms with E-state index in [0.29, 0.717) is 11.7 Å². The number of benzene rings is 2. The van der Waals surface area contributed by atoms with Crippen LogP contribution in [-0.4, -0.2) is 15.1 Å². The second kappa shape index (κ2) is 8.43. The highest BCUT2D eigenvalue weighted by Gasteiger charge is 2.12. The molecule has 6 heteroatoms. The summed E-state index contributed by atoms with van der Waals surface area (Å²) in [5, 5.41) is 4.89. The second-order valence-corrected chi connectivity index (χ2v) is 7.36. The minimum atomic E-state index is 0.521. The number of H-pyrrole nitrogens is 1. The molecule has 0 atom stereocenters. The van der Waals surface area contributed by atoms with Crippen molar-refractivity contribution < 1.29 is 0 Å². The zero-order valence-electron chi connectivity index (χ0n) is 16.4. The first-order valence-corrected chi connectivity index (χ1v) is 9.91. The molecular weight excluding hydrogens is 378 g/mol. The fraction of sp³-hybridized carbons (Fsp3) is 0.130. The van der Waals surface area contributed by atoms with Gasteiger partial charge in [0.25, 0.3) is 0 Å². The molecule has 0 saturated heterocycles. The Hall–Kier alpha value is -3.22. The maximum atomic E-state index is 5.40. The SMILES string of the molecule is Cc1ccc(CNNC(=S)Nc2ccccc2C)c(-c2c[nH]c3ccccc23)n1. The van der Waals surface area contributed by atoms with E-state index in [2.05, 4.69) is 39.4 Å². The molecule has 146 valence electrons. The summed E-state index contributed by atoms with van der Waals surface area (Å²) in [6.45, 7) is 4.64. The van der Waals surface area contributed by atoms with Crippen LogP contribution in [0.1, 0.15) is 16.8 Å². The number of aryl methyl sites for hydroxylation is 2. The van der Waals surface area contributed by atoms with Crippen LogP contribution in [0.2, 0.25) is 0 Å². The van der Waals surface area contributed by atoms with Gasteiger partial charge in [-0.05, 0) is 55.4 Å². The molecule has 0 aliphatic carbocycles. The van der Waals surface area contributed by atoms with Crippen molar-refractivity contribution in [3.05, 3.63) is 83.7 Å². The van der Waals surface area contributed by atoms with E-state index >= 15 is 0 Å². The van der Waals surface area contributed by atoms with E-state index in [0.717, 1.165) is 44.7 Å². The van der Waals surface area contributed by atoms with Crippen LogP contribution in [0.3, 0.4) is 0 Å². The predicted molar refractivity (Wildman–Crippen MR) is 124 cm³/mol. The van der Waals surface area contributed by atoms with Gasteiger partial charge in [-0.3, -0.25) is 10.4 Å². The number of rotatable bonds is 5. The minimum Gasteiger partial charge on any atom is -0.360 e. The lowest BCUT2D eigenvalue weighted by molar-refractivity contribution is 0.657. The number of hydrogen-bond acceptors (Lipinski definition) is 3. The molecule has 0 aliphatic heterocycles. The van der Waals surface area contributed by atoms with Crippen LogP contribution in [0, 0.1) is 13.8 Å². The number of fused-ring (bicyclic) bond motifs is 1. The van der Waals surface area contributed by atoms with Crippen molar-refractivity contribution in [2.75, 3.05) is 5.32 Å². The van der Waals surface area contributed by atoms with Crippen LogP contribution >= 0.6 is 12.2 Å². The summed E-state index contributed by atoms with van der Waals surface area (Å²) in [6, 6.07) is 20.4. The van der Waals surface area contributed by atoms with Crippen LogP contribution in [-0.2, 0) is 6.54 Å². The van der Waals surface area contributed by atoms with Crippen LogP contribution in [0.4, 0.5) is 5.69 Å². The Kier molecular flexibility index (Phi) is 5.55. The number of thiocarbonyl (C=S) groups is 1. The maximum Gasteiger partial charge on any atom is 0.185 e. The molecule has 0 unspecified atom stereocenters. The molecule has 0 radical (unpaired) electrons. The van der Waals surface area contributed by atoms with Gasteiger partial charge in [0.2, 0.25) is 0 Å². The molecule has 0 spiro atoms. The van der Waals surface area contributed by atoms with Gasteiger partial charge in [0.05, 0.1) is 5.69 Å². The molecule has 2 aromatic carbocycles. The predicted octanol–water partition coefficient (Wildman–Crippen LogP) is 4.84. The zero-order valence-corrected chi connectivity index (χ0v) is 17.2. The molecule has 4 N–H and O–H groups in total. The summed E-state index contributed by atoms with van der Waals surface area (Å²) in [7, 11) is 0. The lowest BCUT2D eigenvalue weighted by Gasteiger charge is -2.14. The third-order valence-corrected chi connectivity index (χ3v) is 5.04. The van der Waals surface area contributed by atoms with Gasteiger partial charge in [-0.25, -0.2) is 5.43 Å². The number of aromatic amines is 1. The monoisotopic (exact) mass is 401 g/mol. The standard InChI is InChI=1S/C23H23N5S/c1-15-7-3-5-9-20(15)27-23(29)28-25-13-17-12-11-16(2)26-22(17)19-14-24-21-10-6-4-8-18(19)21/h3-12,14,24-25H,13H2,1-2H3,(H2,27,28,29). The molecule has 0 aliphatic rings. The van der Waals surface area contributed by atoms with Crippen molar-refractivity contribution in [2.24, 2.45) is 0 Å². The maximum absolute atomic E-state index is 5.40. The molecule has 0 amide bonds. The van der Waals surface area contributed by atoms with Crippen molar-refractivity contribution in [3.63, 3.8) is 0 Å². The number of hydrogen-bond donors (Lipinski definition) is 4. The third-order valence-electron chi connectivity index (χ3n) is 4.84. The van der Waals surface area contributed by atoms with Crippen LogP contribution in [0.5, 0.6) is 0 Å². The van der Waals surface area contributed by atoms with Crippen LogP contribution < -0.4 is 16.2 Å². The molecule has 29 heavy (non-hydrogen) atoms. The Morgan fingerprint density at radius 3 is 2.66 bits per heavy atom. The Morgan fingerprint density at radius 2 is 1.79 bits per heavy atom. The number of anilines is 1. The Balaban J connectivity index is 1.48. The number of hydrazine groups is 1. The summed E-state index contributed by atoms with van der Waals surface area (Å²) < 4.78 is 0. The lowest BCUT2D eigenvalue weighted by atomic mass is 10.0. The quantitative estimate of drug-likeness (QED) is 0.285. The first-order chi connectivity index (χ1) is 14.1. The summed E-state index contributed by atoms with van der Waals surface area (Å²) in [6.07, 6.45) is 2.02. The van der Waals surface area contributed by atoms with Crippen molar-refractivity contribution >= 4 is 33.9 Å². The second-order valence-electron chi connectivity index (χ2n) is 6.96. The van der Waals surface area contributed by atoms with Crippen LogP contribution in [0.25, 0.3) is 22.2 Å². The molecule has 0 bridgehead atoms. The fourth-order valence-corrected chi connectivity index (χ4v) is 3.50. The first kappa shape index (κ1) is 19.1. The largest absolute Gasteiger partial charge is 0.360 e. The number of para-hydroxylation sites is 2. The fourth-order valence-electron chi connectivity index (χ4n) is 3.32. The summed E-state index contributed by atoms with van der Waals surface area (Å²) in [4.78, 5) is 8.14. The van der Waals surface area contributed by atoms with Gasteiger partial charge in [-0.1, -0.05) is 42.5 Å². The van der Waals surface area contributed by atoms with Crippen molar-refractivity contribution in [1.29, 1.82) is 0 Å². The Bertz CT molecular complexity index is 1160.